The maximum atomic E-state index is 13.1. The predicted octanol–water partition coefficient (Wildman–Crippen LogP) is 3.85. The molecule has 1 N–H and O–H groups in total. The molecule has 0 saturated carbocycles. The zero-order valence-electron chi connectivity index (χ0n) is 16.3. The van der Waals surface area contributed by atoms with E-state index < -0.39 is 6.29 Å². The molecule has 4 rings (SSSR count). The summed E-state index contributed by atoms with van der Waals surface area (Å²) in [4.78, 5) is 16.0. The van der Waals surface area contributed by atoms with Crippen LogP contribution in [0.5, 0.6) is 0 Å². The number of H-pyrrole nitrogens is 1. The first-order valence-corrected chi connectivity index (χ1v) is 9.59. The third kappa shape index (κ3) is 3.70. The number of benzene rings is 2. The maximum absolute atomic E-state index is 13.1. The largest absolute Gasteiger partial charge is 0.347 e. The van der Waals surface area contributed by atoms with E-state index in [1.54, 1.807) is 6.20 Å². The van der Waals surface area contributed by atoms with E-state index in [0.29, 0.717) is 24.6 Å². The lowest BCUT2D eigenvalue weighted by Crippen LogP contribution is -2.17. The van der Waals surface area contributed by atoms with Crippen LogP contribution in [0.4, 0.5) is 0 Å². The van der Waals surface area contributed by atoms with Gasteiger partial charge >= 0.3 is 0 Å². The number of nitrogens with one attached hydrogen (secondary N) is 1. The molecule has 29 heavy (non-hydrogen) atoms. The lowest BCUT2D eigenvalue weighted by molar-refractivity contribution is -0.142. The van der Waals surface area contributed by atoms with Crippen LogP contribution in [0.25, 0.3) is 27.7 Å². The molecule has 0 saturated heterocycles. The number of hydrogen-bond donors (Lipinski definition) is 1. The molecule has 0 unspecified atom stereocenters. The standard InChI is InChI=1S/C22H22N4O3/c1-3-28-22(29-4-2)18-14-26(25-24-18)20-19(15-10-6-5-7-11-15)16-12-8-9-13-17(16)23-21(20)27/h5-14,22H,3-4H2,1-2H3,(H,23,27). The van der Waals surface area contributed by atoms with Gasteiger partial charge in [-0.05, 0) is 25.5 Å². The van der Waals surface area contributed by atoms with E-state index in [1.165, 1.54) is 4.68 Å². The quantitative estimate of drug-likeness (QED) is 0.485. The monoisotopic (exact) mass is 390 g/mol. The Morgan fingerprint density at radius 1 is 1.00 bits per heavy atom. The van der Waals surface area contributed by atoms with Crippen molar-refractivity contribution < 1.29 is 9.47 Å². The van der Waals surface area contributed by atoms with Crippen molar-refractivity contribution in [2.45, 2.75) is 20.1 Å². The van der Waals surface area contributed by atoms with Crippen LogP contribution in [0, 0.1) is 0 Å². The number of aromatic amines is 1. The van der Waals surface area contributed by atoms with Crippen LogP contribution >= 0.6 is 0 Å². The highest BCUT2D eigenvalue weighted by molar-refractivity contribution is 5.98. The fourth-order valence-electron chi connectivity index (χ4n) is 3.36. The fraction of sp³-hybridized carbons (Fsp3) is 0.227. The van der Waals surface area contributed by atoms with Crippen LogP contribution in [0.2, 0.25) is 0 Å². The maximum Gasteiger partial charge on any atom is 0.275 e. The molecule has 0 aliphatic carbocycles. The molecular weight excluding hydrogens is 368 g/mol. The highest BCUT2D eigenvalue weighted by atomic mass is 16.7. The summed E-state index contributed by atoms with van der Waals surface area (Å²) in [6.07, 6.45) is 1.06. The van der Waals surface area contributed by atoms with Crippen molar-refractivity contribution in [3.05, 3.63) is 76.8 Å². The summed E-state index contributed by atoms with van der Waals surface area (Å²) in [5, 5.41) is 9.34. The van der Waals surface area contributed by atoms with Crippen LogP contribution in [-0.4, -0.2) is 33.2 Å². The van der Waals surface area contributed by atoms with Crippen molar-refractivity contribution >= 4 is 10.9 Å². The highest BCUT2D eigenvalue weighted by Gasteiger charge is 2.21. The van der Waals surface area contributed by atoms with Gasteiger partial charge in [0, 0.05) is 29.7 Å². The number of hydrogen-bond acceptors (Lipinski definition) is 5. The van der Waals surface area contributed by atoms with Gasteiger partial charge in [-0.15, -0.1) is 5.10 Å². The van der Waals surface area contributed by atoms with Gasteiger partial charge in [-0.25, -0.2) is 4.68 Å². The van der Waals surface area contributed by atoms with Gasteiger partial charge in [0.25, 0.3) is 5.56 Å². The molecule has 7 nitrogen and oxygen atoms in total. The second-order valence-corrected chi connectivity index (χ2v) is 6.42. The van der Waals surface area contributed by atoms with Crippen molar-refractivity contribution in [1.29, 1.82) is 0 Å². The van der Waals surface area contributed by atoms with Gasteiger partial charge in [0.2, 0.25) is 6.29 Å². The van der Waals surface area contributed by atoms with Gasteiger partial charge in [0.05, 0.1) is 6.20 Å². The van der Waals surface area contributed by atoms with Gasteiger partial charge in [0.15, 0.2) is 0 Å². The van der Waals surface area contributed by atoms with Crippen LogP contribution in [-0.2, 0) is 9.47 Å². The molecule has 0 aliphatic rings. The third-order valence-electron chi connectivity index (χ3n) is 4.58. The van der Waals surface area contributed by atoms with Crippen molar-refractivity contribution in [3.63, 3.8) is 0 Å². The Labute approximate surface area is 167 Å². The fourth-order valence-corrected chi connectivity index (χ4v) is 3.36. The van der Waals surface area contributed by atoms with Gasteiger partial charge in [-0.3, -0.25) is 4.79 Å². The molecule has 0 radical (unpaired) electrons. The van der Waals surface area contributed by atoms with Crippen molar-refractivity contribution in [3.8, 4) is 16.8 Å². The number of para-hydroxylation sites is 1. The lowest BCUT2D eigenvalue weighted by Gasteiger charge is -2.14. The van der Waals surface area contributed by atoms with Crippen LogP contribution in [0.3, 0.4) is 0 Å². The van der Waals surface area contributed by atoms with Crippen molar-refractivity contribution in [2.75, 3.05) is 13.2 Å². The Morgan fingerprint density at radius 2 is 1.69 bits per heavy atom. The lowest BCUT2D eigenvalue weighted by atomic mass is 9.99. The minimum absolute atomic E-state index is 0.247. The molecule has 148 valence electrons. The minimum atomic E-state index is -0.626. The molecule has 2 heterocycles. The molecule has 2 aromatic carbocycles. The zero-order valence-corrected chi connectivity index (χ0v) is 16.3. The second-order valence-electron chi connectivity index (χ2n) is 6.42. The summed E-state index contributed by atoms with van der Waals surface area (Å²) < 4.78 is 12.7. The molecule has 2 aromatic heterocycles. The van der Waals surface area contributed by atoms with Gasteiger partial charge in [-0.1, -0.05) is 53.7 Å². The first-order chi connectivity index (χ1) is 14.2. The number of aromatic nitrogens is 4. The summed E-state index contributed by atoms with van der Waals surface area (Å²) in [7, 11) is 0. The molecular formula is C22H22N4O3. The van der Waals surface area contributed by atoms with E-state index in [9.17, 15) is 4.79 Å². The zero-order chi connectivity index (χ0) is 20.2. The van der Waals surface area contributed by atoms with Gasteiger partial charge in [-0.2, -0.15) is 0 Å². The summed E-state index contributed by atoms with van der Waals surface area (Å²) >= 11 is 0. The molecule has 0 amide bonds. The average Bonchev–Trinajstić information content (AvgIpc) is 3.23. The van der Waals surface area contributed by atoms with Crippen molar-refractivity contribution in [2.24, 2.45) is 0 Å². The average molecular weight is 390 g/mol. The third-order valence-corrected chi connectivity index (χ3v) is 4.58. The molecule has 7 heteroatoms. The smallest absolute Gasteiger partial charge is 0.275 e. The number of nitrogens with zero attached hydrogens (tertiary/aromatic N) is 3. The van der Waals surface area contributed by atoms with E-state index >= 15 is 0 Å². The van der Waals surface area contributed by atoms with E-state index in [1.807, 2.05) is 68.4 Å². The van der Waals surface area contributed by atoms with E-state index in [0.717, 1.165) is 22.0 Å². The van der Waals surface area contributed by atoms with Crippen LogP contribution in [0.1, 0.15) is 25.8 Å². The van der Waals surface area contributed by atoms with E-state index in [-0.39, 0.29) is 5.56 Å². The summed E-state index contributed by atoms with van der Waals surface area (Å²) in [6, 6.07) is 17.5. The summed E-state index contributed by atoms with van der Waals surface area (Å²) in [6.45, 7) is 4.72. The number of pyridine rings is 1. The van der Waals surface area contributed by atoms with E-state index in [2.05, 4.69) is 15.3 Å². The molecule has 0 aliphatic heterocycles. The number of fused-ring (bicyclic) bond motifs is 1. The molecule has 0 fully saturated rings. The van der Waals surface area contributed by atoms with Crippen LogP contribution in [0.15, 0.2) is 65.6 Å². The highest BCUT2D eigenvalue weighted by Crippen LogP contribution is 2.31. The minimum Gasteiger partial charge on any atom is -0.347 e. The Bertz CT molecular complexity index is 1160. The SMILES string of the molecule is CCOC(OCC)c1cn(-c2c(-c3ccccc3)c3ccccc3[nH]c2=O)nn1. The van der Waals surface area contributed by atoms with Crippen LogP contribution < -0.4 is 5.56 Å². The first kappa shape index (κ1) is 19.0. The molecule has 0 spiro atoms. The van der Waals surface area contributed by atoms with E-state index in [4.69, 9.17) is 9.47 Å². The molecule has 0 atom stereocenters. The predicted molar refractivity (Wildman–Crippen MR) is 111 cm³/mol. The normalized spacial score (nSPS) is 11.4. The van der Waals surface area contributed by atoms with Gasteiger partial charge in [0.1, 0.15) is 11.4 Å². The first-order valence-electron chi connectivity index (χ1n) is 9.59. The second kappa shape index (κ2) is 8.38. The molecule has 0 bridgehead atoms. The Kier molecular flexibility index (Phi) is 5.50. The topological polar surface area (TPSA) is 82.0 Å². The number of rotatable bonds is 7. The molecule has 4 aromatic rings. The van der Waals surface area contributed by atoms with Gasteiger partial charge < -0.3 is 14.5 Å². The number of ether oxygens (including phenoxy) is 2. The summed E-state index contributed by atoms with van der Waals surface area (Å²) in [5.74, 6) is 0. The Hall–Kier alpha value is -3.29. The summed E-state index contributed by atoms with van der Waals surface area (Å²) in [5.41, 5.74) is 3.16. The Morgan fingerprint density at radius 3 is 2.41 bits per heavy atom. The Balaban J connectivity index is 1.93. The van der Waals surface area contributed by atoms with Crippen molar-refractivity contribution in [1.82, 2.24) is 20.0 Å².